The van der Waals surface area contributed by atoms with Gasteiger partial charge in [-0.2, -0.15) is 0 Å². The Labute approximate surface area is 187 Å². The molecule has 166 valence electrons. The van der Waals surface area contributed by atoms with Gasteiger partial charge in [0.2, 0.25) is 5.91 Å². The average Bonchev–Trinajstić information content (AvgIpc) is 2.68. The summed E-state index contributed by atoms with van der Waals surface area (Å²) in [6.07, 6.45) is 2.13. The molecule has 1 amide bonds. The molecule has 0 saturated heterocycles. The number of nitrogens with zero attached hydrogens (tertiary/aromatic N) is 1. The summed E-state index contributed by atoms with van der Waals surface area (Å²) >= 11 is 0. The average molecular weight is 435 g/mol. The molecule has 0 spiro atoms. The van der Waals surface area contributed by atoms with Crippen molar-refractivity contribution in [2.24, 2.45) is 0 Å². The predicted molar refractivity (Wildman–Crippen MR) is 126 cm³/mol. The third-order valence-electron chi connectivity index (χ3n) is 4.99. The number of benzene rings is 2. The maximum Gasteiger partial charge on any atom is 0.238 e. The van der Waals surface area contributed by atoms with Crippen LogP contribution in [0.25, 0.3) is 0 Å². The highest BCUT2D eigenvalue weighted by atomic mass is 35.5. The lowest BCUT2D eigenvalue weighted by Gasteiger charge is -2.23. The van der Waals surface area contributed by atoms with Crippen LogP contribution in [0, 0.1) is 20.8 Å². The molecule has 0 saturated carbocycles. The van der Waals surface area contributed by atoms with Crippen LogP contribution in [0.1, 0.15) is 42.0 Å². The molecule has 0 bridgehead atoms. The molecule has 2 rings (SSSR count). The van der Waals surface area contributed by atoms with Gasteiger partial charge in [0.1, 0.15) is 0 Å². The number of aryl methyl sites for hydroxylation is 3. The molecule has 0 aliphatic heterocycles. The van der Waals surface area contributed by atoms with Crippen molar-refractivity contribution in [3.8, 4) is 11.5 Å². The highest BCUT2D eigenvalue weighted by molar-refractivity contribution is 5.93. The normalized spacial score (nSPS) is 10.5. The molecule has 6 heteroatoms. The highest BCUT2D eigenvalue weighted by Crippen LogP contribution is 2.28. The Kier molecular flexibility index (Phi) is 10.7. The van der Waals surface area contributed by atoms with Gasteiger partial charge in [0.05, 0.1) is 20.8 Å². The van der Waals surface area contributed by atoms with Crippen LogP contribution in [0.2, 0.25) is 0 Å². The van der Waals surface area contributed by atoms with Gasteiger partial charge in [0.25, 0.3) is 0 Å². The maximum absolute atomic E-state index is 12.8. The SMILES string of the molecule is CCCCN(CC(=O)Nc1c(C)cc(C)cc1C)Cc1ccc(OC)c(OC)c1.Cl. The van der Waals surface area contributed by atoms with Crippen LogP contribution in [0.4, 0.5) is 5.69 Å². The summed E-state index contributed by atoms with van der Waals surface area (Å²) in [5.41, 5.74) is 5.40. The van der Waals surface area contributed by atoms with Gasteiger partial charge >= 0.3 is 0 Å². The monoisotopic (exact) mass is 434 g/mol. The summed E-state index contributed by atoms with van der Waals surface area (Å²) in [6.45, 7) is 10.2. The zero-order valence-corrected chi connectivity index (χ0v) is 19.8. The predicted octanol–water partition coefficient (Wildman–Crippen LogP) is 5.29. The van der Waals surface area contributed by atoms with Gasteiger partial charge in [-0.1, -0.05) is 37.1 Å². The topological polar surface area (TPSA) is 50.8 Å². The molecule has 0 aromatic heterocycles. The fourth-order valence-electron chi connectivity index (χ4n) is 3.59. The minimum Gasteiger partial charge on any atom is -0.493 e. The summed E-state index contributed by atoms with van der Waals surface area (Å²) in [6, 6.07) is 10.1. The molecule has 30 heavy (non-hydrogen) atoms. The standard InChI is InChI=1S/C24H34N2O3.ClH/c1-7-8-11-26(15-20-9-10-21(28-5)22(14-20)29-6)16-23(27)25-24-18(3)12-17(2)13-19(24)4;/h9-10,12-14H,7-8,11,15-16H2,1-6H3,(H,25,27);1H. The van der Waals surface area contributed by atoms with E-state index < -0.39 is 0 Å². The van der Waals surface area contributed by atoms with E-state index in [0.717, 1.165) is 41.8 Å². The van der Waals surface area contributed by atoms with Crippen molar-refractivity contribution >= 4 is 24.0 Å². The van der Waals surface area contributed by atoms with Crippen molar-refractivity contribution in [3.05, 3.63) is 52.6 Å². The van der Waals surface area contributed by atoms with Gasteiger partial charge in [0, 0.05) is 12.2 Å². The first-order chi connectivity index (χ1) is 13.9. The van der Waals surface area contributed by atoms with Crippen molar-refractivity contribution in [1.82, 2.24) is 4.90 Å². The number of amides is 1. The molecule has 0 aliphatic rings. The Balaban J connectivity index is 0.00000450. The largest absolute Gasteiger partial charge is 0.493 e. The summed E-state index contributed by atoms with van der Waals surface area (Å²) in [7, 11) is 3.26. The minimum absolute atomic E-state index is 0. The van der Waals surface area contributed by atoms with E-state index in [0.29, 0.717) is 24.6 Å². The number of halogens is 1. The molecule has 2 aromatic carbocycles. The fourth-order valence-corrected chi connectivity index (χ4v) is 3.59. The van der Waals surface area contributed by atoms with Crippen LogP contribution in [0.5, 0.6) is 11.5 Å². The maximum atomic E-state index is 12.8. The van der Waals surface area contributed by atoms with E-state index in [2.05, 4.69) is 36.2 Å². The fraction of sp³-hybridized carbons (Fsp3) is 0.458. The van der Waals surface area contributed by atoms with Crippen LogP contribution in [-0.4, -0.2) is 38.1 Å². The second kappa shape index (κ2) is 12.5. The van der Waals surface area contributed by atoms with Crippen molar-refractivity contribution in [3.63, 3.8) is 0 Å². The molecular formula is C24H35ClN2O3. The first-order valence-corrected chi connectivity index (χ1v) is 10.2. The number of rotatable bonds is 10. The first kappa shape index (κ1) is 25.8. The summed E-state index contributed by atoms with van der Waals surface area (Å²) in [5.74, 6) is 1.42. The smallest absolute Gasteiger partial charge is 0.238 e. The van der Waals surface area contributed by atoms with Crippen LogP contribution in [-0.2, 0) is 11.3 Å². The Morgan fingerprint density at radius 1 is 1.00 bits per heavy atom. The van der Waals surface area contributed by atoms with Crippen LogP contribution >= 0.6 is 12.4 Å². The van der Waals surface area contributed by atoms with Gasteiger partial charge in [0.15, 0.2) is 11.5 Å². The minimum atomic E-state index is 0. The number of nitrogens with one attached hydrogen (secondary N) is 1. The van der Waals surface area contributed by atoms with Crippen LogP contribution in [0.15, 0.2) is 30.3 Å². The number of anilines is 1. The molecule has 5 nitrogen and oxygen atoms in total. The Morgan fingerprint density at radius 2 is 1.63 bits per heavy atom. The molecular weight excluding hydrogens is 400 g/mol. The van der Waals surface area contributed by atoms with E-state index in [4.69, 9.17) is 9.47 Å². The van der Waals surface area contributed by atoms with Crippen LogP contribution < -0.4 is 14.8 Å². The third kappa shape index (κ3) is 7.22. The van der Waals surface area contributed by atoms with Gasteiger partial charge in [-0.3, -0.25) is 9.69 Å². The number of ether oxygens (including phenoxy) is 2. The van der Waals surface area contributed by atoms with Gasteiger partial charge < -0.3 is 14.8 Å². The van der Waals surface area contributed by atoms with E-state index >= 15 is 0 Å². The van der Waals surface area contributed by atoms with Crippen LogP contribution in [0.3, 0.4) is 0 Å². The number of carbonyl (C=O) groups is 1. The van der Waals surface area contributed by atoms with Gasteiger partial charge in [-0.15, -0.1) is 12.4 Å². The summed E-state index contributed by atoms with van der Waals surface area (Å²) < 4.78 is 10.7. The van der Waals surface area contributed by atoms with E-state index in [1.807, 2.05) is 32.0 Å². The molecule has 1 N–H and O–H groups in total. The lowest BCUT2D eigenvalue weighted by molar-refractivity contribution is -0.117. The van der Waals surface area contributed by atoms with Crippen molar-refractivity contribution in [2.45, 2.75) is 47.1 Å². The second-order valence-electron chi connectivity index (χ2n) is 7.58. The number of hydrogen-bond acceptors (Lipinski definition) is 4. The van der Waals surface area contributed by atoms with E-state index in [-0.39, 0.29) is 18.3 Å². The quantitative estimate of drug-likeness (QED) is 0.551. The lowest BCUT2D eigenvalue weighted by atomic mass is 10.1. The number of methoxy groups -OCH3 is 2. The summed E-state index contributed by atoms with van der Waals surface area (Å²) in [5, 5.41) is 3.11. The Morgan fingerprint density at radius 3 is 2.20 bits per heavy atom. The zero-order valence-electron chi connectivity index (χ0n) is 19.0. The molecule has 0 radical (unpaired) electrons. The molecule has 0 heterocycles. The molecule has 0 atom stereocenters. The van der Waals surface area contributed by atoms with Gasteiger partial charge in [-0.05, 0) is 62.6 Å². The number of hydrogen-bond donors (Lipinski definition) is 1. The molecule has 0 unspecified atom stereocenters. The van der Waals surface area contributed by atoms with Crippen molar-refractivity contribution in [1.29, 1.82) is 0 Å². The molecule has 2 aromatic rings. The zero-order chi connectivity index (χ0) is 21.4. The third-order valence-corrected chi connectivity index (χ3v) is 4.99. The van der Waals surface area contributed by atoms with E-state index in [1.165, 1.54) is 5.56 Å². The van der Waals surface area contributed by atoms with Gasteiger partial charge in [-0.25, -0.2) is 0 Å². The van der Waals surface area contributed by atoms with Crippen molar-refractivity contribution in [2.75, 3.05) is 32.6 Å². The number of carbonyl (C=O) groups excluding carboxylic acids is 1. The number of unbranched alkanes of at least 4 members (excludes halogenated alkanes) is 1. The second-order valence-corrected chi connectivity index (χ2v) is 7.58. The summed E-state index contributed by atoms with van der Waals surface area (Å²) in [4.78, 5) is 15.0. The van der Waals surface area contributed by atoms with E-state index in [9.17, 15) is 4.79 Å². The lowest BCUT2D eigenvalue weighted by Crippen LogP contribution is -2.34. The Bertz CT molecular complexity index is 816. The molecule has 0 aliphatic carbocycles. The first-order valence-electron chi connectivity index (χ1n) is 10.2. The highest BCUT2D eigenvalue weighted by Gasteiger charge is 2.15. The Hall–Kier alpha value is -2.24. The van der Waals surface area contributed by atoms with E-state index in [1.54, 1.807) is 14.2 Å². The molecule has 0 fully saturated rings. The van der Waals surface area contributed by atoms with Crippen molar-refractivity contribution < 1.29 is 14.3 Å².